The van der Waals surface area contributed by atoms with Crippen molar-refractivity contribution >= 4 is 11.6 Å². The molecule has 0 heterocycles. The van der Waals surface area contributed by atoms with Gasteiger partial charge in [-0.15, -0.1) is 0 Å². The van der Waals surface area contributed by atoms with Crippen molar-refractivity contribution < 1.29 is 5.11 Å². The molecule has 0 amide bonds. The summed E-state index contributed by atoms with van der Waals surface area (Å²) < 4.78 is 0. The quantitative estimate of drug-likeness (QED) is 0.863. The molecule has 3 heteroatoms. The first-order valence-corrected chi connectivity index (χ1v) is 6.69. The van der Waals surface area contributed by atoms with E-state index in [1.54, 1.807) is 0 Å². The van der Waals surface area contributed by atoms with Crippen LogP contribution in [-0.2, 0) is 0 Å². The minimum absolute atomic E-state index is 0.174. The van der Waals surface area contributed by atoms with Gasteiger partial charge >= 0.3 is 0 Å². The van der Waals surface area contributed by atoms with Gasteiger partial charge in [-0.1, -0.05) is 42.6 Å². The van der Waals surface area contributed by atoms with Crippen LogP contribution >= 0.6 is 11.6 Å². The molecule has 0 saturated heterocycles. The highest BCUT2D eigenvalue weighted by molar-refractivity contribution is 6.31. The van der Waals surface area contributed by atoms with Crippen molar-refractivity contribution in [1.82, 2.24) is 5.32 Å². The third kappa shape index (κ3) is 3.21. The summed E-state index contributed by atoms with van der Waals surface area (Å²) in [5, 5.41) is 14.4. The third-order valence-corrected chi connectivity index (χ3v) is 3.99. The lowest BCUT2D eigenvalue weighted by molar-refractivity contribution is 0.0453. The Hall–Kier alpha value is -0.570. The molecule has 1 fully saturated rings. The maximum absolute atomic E-state index is 10.3. The molecule has 1 saturated carbocycles. The van der Waals surface area contributed by atoms with E-state index in [9.17, 15) is 5.11 Å². The Labute approximate surface area is 108 Å². The van der Waals surface area contributed by atoms with Crippen LogP contribution in [0, 0.1) is 0 Å². The number of hydrogen-bond donors (Lipinski definition) is 2. The summed E-state index contributed by atoms with van der Waals surface area (Å²) in [5.41, 5.74) is 0.589. The fourth-order valence-electron chi connectivity index (χ4n) is 2.49. The van der Waals surface area contributed by atoms with Crippen molar-refractivity contribution in [3.8, 4) is 0 Å². The highest BCUT2D eigenvalue weighted by atomic mass is 35.5. The Bertz CT molecular complexity index is 374. The van der Waals surface area contributed by atoms with E-state index < -0.39 is 5.60 Å². The van der Waals surface area contributed by atoms with Gasteiger partial charge in [0.25, 0.3) is 0 Å². The molecule has 2 nitrogen and oxygen atoms in total. The second-order valence-electron chi connectivity index (χ2n) is 5.06. The zero-order valence-corrected chi connectivity index (χ0v) is 11.0. The molecule has 0 radical (unpaired) electrons. The Kier molecular flexibility index (Phi) is 4.08. The Morgan fingerprint density at radius 2 is 2.00 bits per heavy atom. The van der Waals surface area contributed by atoms with Gasteiger partial charge in [0, 0.05) is 17.6 Å². The largest absolute Gasteiger partial charge is 0.389 e. The molecule has 17 heavy (non-hydrogen) atoms. The normalized spacial score (nSPS) is 20.4. The molecule has 2 N–H and O–H groups in total. The second kappa shape index (κ2) is 5.38. The van der Waals surface area contributed by atoms with Crippen LogP contribution in [0.1, 0.15) is 44.2 Å². The predicted molar refractivity (Wildman–Crippen MR) is 71.3 cm³/mol. The zero-order valence-electron chi connectivity index (χ0n) is 10.2. The van der Waals surface area contributed by atoms with Gasteiger partial charge in [0.2, 0.25) is 0 Å². The Morgan fingerprint density at radius 3 is 2.65 bits per heavy atom. The van der Waals surface area contributed by atoms with Crippen LogP contribution in [-0.4, -0.2) is 17.3 Å². The van der Waals surface area contributed by atoms with E-state index >= 15 is 0 Å². The lowest BCUT2D eigenvalue weighted by Crippen LogP contribution is -2.39. The fraction of sp³-hybridized carbons (Fsp3) is 0.571. The summed E-state index contributed by atoms with van der Waals surface area (Å²) >= 11 is 6.15. The van der Waals surface area contributed by atoms with Gasteiger partial charge in [-0.2, -0.15) is 0 Å². The van der Waals surface area contributed by atoms with Gasteiger partial charge in [0.05, 0.1) is 5.60 Å². The maximum Gasteiger partial charge on any atom is 0.0771 e. The van der Waals surface area contributed by atoms with E-state index in [0.717, 1.165) is 36.3 Å². The first-order valence-electron chi connectivity index (χ1n) is 6.31. The smallest absolute Gasteiger partial charge is 0.0771 e. The average Bonchev–Trinajstić information content (AvgIpc) is 2.74. The number of hydrogen-bond acceptors (Lipinski definition) is 2. The average molecular weight is 254 g/mol. The molecule has 0 unspecified atom stereocenters. The van der Waals surface area contributed by atoms with E-state index in [2.05, 4.69) is 12.2 Å². The summed E-state index contributed by atoms with van der Waals surface area (Å²) in [6.07, 6.45) is 4.10. The van der Waals surface area contributed by atoms with E-state index in [-0.39, 0.29) is 6.04 Å². The molecule has 1 aromatic rings. The number of nitrogens with one attached hydrogen (secondary N) is 1. The van der Waals surface area contributed by atoms with Crippen LogP contribution in [0.2, 0.25) is 5.02 Å². The molecular weight excluding hydrogens is 234 g/mol. The molecule has 1 aromatic carbocycles. The van der Waals surface area contributed by atoms with Crippen molar-refractivity contribution in [2.24, 2.45) is 0 Å². The number of benzene rings is 1. The SMILES string of the molecule is C[C@H](NCC1(O)CCCC1)c1ccccc1Cl. The van der Waals surface area contributed by atoms with Crippen LogP contribution < -0.4 is 5.32 Å². The predicted octanol–water partition coefficient (Wildman–Crippen LogP) is 3.30. The summed E-state index contributed by atoms with van der Waals surface area (Å²) in [4.78, 5) is 0. The van der Waals surface area contributed by atoms with Crippen molar-refractivity contribution in [2.75, 3.05) is 6.54 Å². The van der Waals surface area contributed by atoms with Crippen LogP contribution in [0.4, 0.5) is 0 Å². The standard InChI is InChI=1S/C14H20ClNO/c1-11(12-6-2-3-7-13(12)15)16-10-14(17)8-4-5-9-14/h2-3,6-7,11,16-17H,4-5,8-10H2,1H3/t11-/m0/s1. The molecule has 1 aliphatic carbocycles. The molecule has 0 bridgehead atoms. The van der Waals surface area contributed by atoms with E-state index in [0.29, 0.717) is 6.54 Å². The summed E-state index contributed by atoms with van der Waals surface area (Å²) in [6.45, 7) is 2.74. The van der Waals surface area contributed by atoms with E-state index in [1.165, 1.54) is 0 Å². The van der Waals surface area contributed by atoms with Crippen LogP contribution in [0.3, 0.4) is 0 Å². The molecule has 2 rings (SSSR count). The van der Waals surface area contributed by atoms with Crippen molar-refractivity contribution in [3.63, 3.8) is 0 Å². The second-order valence-corrected chi connectivity index (χ2v) is 5.46. The van der Waals surface area contributed by atoms with Crippen molar-refractivity contribution in [1.29, 1.82) is 0 Å². The van der Waals surface area contributed by atoms with E-state index in [1.807, 2.05) is 24.3 Å². The topological polar surface area (TPSA) is 32.3 Å². The zero-order chi connectivity index (χ0) is 12.3. The first kappa shape index (κ1) is 12.9. The fourth-order valence-corrected chi connectivity index (χ4v) is 2.79. The van der Waals surface area contributed by atoms with E-state index in [4.69, 9.17) is 11.6 Å². The molecule has 1 aliphatic rings. The molecule has 1 atom stereocenters. The summed E-state index contributed by atoms with van der Waals surface area (Å²) in [7, 11) is 0. The Balaban J connectivity index is 1.93. The molecule has 0 aromatic heterocycles. The van der Waals surface area contributed by atoms with Gasteiger partial charge in [0.1, 0.15) is 0 Å². The van der Waals surface area contributed by atoms with Crippen LogP contribution in [0.15, 0.2) is 24.3 Å². The van der Waals surface area contributed by atoms with Crippen molar-refractivity contribution in [2.45, 2.75) is 44.2 Å². The van der Waals surface area contributed by atoms with Gasteiger partial charge in [-0.3, -0.25) is 0 Å². The lowest BCUT2D eigenvalue weighted by atomic mass is 10.0. The third-order valence-electron chi connectivity index (χ3n) is 3.64. The van der Waals surface area contributed by atoms with Gasteiger partial charge in [-0.25, -0.2) is 0 Å². The maximum atomic E-state index is 10.3. The van der Waals surface area contributed by atoms with Crippen LogP contribution in [0.25, 0.3) is 0 Å². The highest BCUT2D eigenvalue weighted by Crippen LogP contribution is 2.30. The summed E-state index contributed by atoms with van der Waals surface area (Å²) in [6, 6.07) is 8.03. The molecule has 0 spiro atoms. The highest BCUT2D eigenvalue weighted by Gasteiger charge is 2.31. The van der Waals surface area contributed by atoms with Crippen LogP contribution in [0.5, 0.6) is 0 Å². The number of aliphatic hydroxyl groups is 1. The number of halogens is 1. The molecule has 94 valence electrons. The van der Waals surface area contributed by atoms with Gasteiger partial charge in [-0.05, 0) is 31.4 Å². The van der Waals surface area contributed by atoms with Crippen molar-refractivity contribution in [3.05, 3.63) is 34.9 Å². The minimum atomic E-state index is -0.504. The lowest BCUT2D eigenvalue weighted by Gasteiger charge is -2.25. The first-order chi connectivity index (χ1) is 8.11. The molecular formula is C14H20ClNO. The molecule has 0 aliphatic heterocycles. The number of rotatable bonds is 4. The van der Waals surface area contributed by atoms with Gasteiger partial charge < -0.3 is 10.4 Å². The Morgan fingerprint density at radius 1 is 1.35 bits per heavy atom. The monoisotopic (exact) mass is 253 g/mol. The summed E-state index contributed by atoms with van der Waals surface area (Å²) in [5.74, 6) is 0. The van der Waals surface area contributed by atoms with Gasteiger partial charge in [0.15, 0.2) is 0 Å². The minimum Gasteiger partial charge on any atom is -0.389 e.